The molecule has 1 atom stereocenters. The lowest BCUT2D eigenvalue weighted by atomic mass is 9.95. The van der Waals surface area contributed by atoms with Gasteiger partial charge in [0, 0.05) is 24.9 Å². The molecule has 0 saturated carbocycles. The zero-order chi connectivity index (χ0) is 15.1. The van der Waals surface area contributed by atoms with Gasteiger partial charge in [0.1, 0.15) is 0 Å². The normalized spacial score (nSPS) is 24.4. The van der Waals surface area contributed by atoms with Crippen molar-refractivity contribution in [1.29, 1.82) is 0 Å². The summed E-state index contributed by atoms with van der Waals surface area (Å²) in [6.07, 6.45) is 2.29. The highest BCUT2D eigenvalue weighted by molar-refractivity contribution is 7.89. The number of sulfonamides is 1. The lowest BCUT2D eigenvalue weighted by Gasteiger charge is -2.35. The monoisotopic (exact) mass is 310 g/mol. The Morgan fingerprint density at radius 3 is 2.95 bits per heavy atom. The Kier molecular flexibility index (Phi) is 3.71. The molecule has 1 fully saturated rings. The van der Waals surface area contributed by atoms with Crippen LogP contribution < -0.4 is 10.0 Å². The third kappa shape index (κ3) is 3.22. The van der Waals surface area contributed by atoms with Gasteiger partial charge >= 0.3 is 0 Å². The highest BCUT2D eigenvalue weighted by atomic mass is 32.2. The number of rotatable bonds is 3. The summed E-state index contributed by atoms with van der Waals surface area (Å²) in [5.74, 6) is 0. The number of ether oxygens (including phenoxy) is 1. The van der Waals surface area contributed by atoms with Crippen molar-refractivity contribution in [3.05, 3.63) is 23.8 Å². The van der Waals surface area contributed by atoms with Crippen LogP contribution in [0.2, 0.25) is 0 Å². The molecule has 0 aliphatic carbocycles. The van der Waals surface area contributed by atoms with Crippen molar-refractivity contribution < 1.29 is 13.2 Å². The molecule has 1 unspecified atom stereocenters. The van der Waals surface area contributed by atoms with Gasteiger partial charge in [-0.3, -0.25) is 0 Å². The highest BCUT2D eigenvalue weighted by Crippen LogP contribution is 2.27. The summed E-state index contributed by atoms with van der Waals surface area (Å²) in [4.78, 5) is 0.356. The van der Waals surface area contributed by atoms with Gasteiger partial charge < -0.3 is 10.1 Å². The quantitative estimate of drug-likeness (QED) is 0.894. The Morgan fingerprint density at radius 1 is 1.38 bits per heavy atom. The molecular formula is C15H22N2O3S. The van der Waals surface area contributed by atoms with Gasteiger partial charge in [-0.1, -0.05) is 0 Å². The molecular weight excluding hydrogens is 288 g/mol. The summed E-state index contributed by atoms with van der Waals surface area (Å²) in [6, 6.07) is 5.24. The highest BCUT2D eigenvalue weighted by Gasteiger charge is 2.31. The Hall–Kier alpha value is -1.11. The van der Waals surface area contributed by atoms with E-state index in [9.17, 15) is 8.42 Å². The van der Waals surface area contributed by atoms with E-state index in [0.717, 1.165) is 30.6 Å². The van der Waals surface area contributed by atoms with Gasteiger partial charge in [-0.2, -0.15) is 0 Å². The van der Waals surface area contributed by atoms with Gasteiger partial charge in [0.25, 0.3) is 0 Å². The van der Waals surface area contributed by atoms with E-state index in [0.29, 0.717) is 17.9 Å². The fourth-order valence-electron chi connectivity index (χ4n) is 3.07. The minimum absolute atomic E-state index is 0.0647. The first-order valence-corrected chi connectivity index (χ1v) is 8.87. The van der Waals surface area contributed by atoms with E-state index in [1.807, 2.05) is 19.9 Å². The van der Waals surface area contributed by atoms with Crippen molar-refractivity contribution in [3.63, 3.8) is 0 Å². The molecule has 6 heteroatoms. The zero-order valence-electron chi connectivity index (χ0n) is 12.5. The number of hydrogen-bond donors (Lipinski definition) is 2. The average Bonchev–Trinajstić information content (AvgIpc) is 2.83. The van der Waals surface area contributed by atoms with Crippen LogP contribution in [0.15, 0.2) is 23.1 Å². The standard InChI is InChI=1S/C15H22N2O3S/c1-15(2)10-12(6-8-20-15)17-21(18,19)13-3-4-14-11(9-13)5-7-16-14/h3-4,9,12,16-17H,5-8,10H2,1-2H3. The van der Waals surface area contributed by atoms with Gasteiger partial charge in [0.2, 0.25) is 10.0 Å². The van der Waals surface area contributed by atoms with E-state index in [-0.39, 0.29) is 11.6 Å². The number of nitrogens with one attached hydrogen (secondary N) is 2. The summed E-state index contributed by atoms with van der Waals surface area (Å²) in [5, 5.41) is 3.24. The maximum atomic E-state index is 12.5. The van der Waals surface area contributed by atoms with Crippen molar-refractivity contribution in [3.8, 4) is 0 Å². The van der Waals surface area contributed by atoms with Crippen molar-refractivity contribution in [2.45, 2.75) is 49.6 Å². The fourth-order valence-corrected chi connectivity index (χ4v) is 4.39. The molecule has 1 aromatic rings. The maximum Gasteiger partial charge on any atom is 0.240 e. The predicted molar refractivity (Wildman–Crippen MR) is 82.0 cm³/mol. The van der Waals surface area contributed by atoms with Crippen molar-refractivity contribution in [2.24, 2.45) is 0 Å². The van der Waals surface area contributed by atoms with Gasteiger partial charge in [0.15, 0.2) is 0 Å². The SMILES string of the molecule is CC1(C)CC(NS(=O)(=O)c2ccc3c(c2)CCN3)CCO1. The molecule has 21 heavy (non-hydrogen) atoms. The molecule has 2 aliphatic heterocycles. The van der Waals surface area contributed by atoms with Gasteiger partial charge in [-0.15, -0.1) is 0 Å². The predicted octanol–water partition coefficient (Wildman–Crippen LogP) is 1.89. The first-order valence-electron chi connectivity index (χ1n) is 7.39. The van der Waals surface area contributed by atoms with Gasteiger partial charge in [0.05, 0.1) is 10.5 Å². The molecule has 0 spiro atoms. The third-order valence-electron chi connectivity index (χ3n) is 4.12. The van der Waals surface area contributed by atoms with Crippen molar-refractivity contribution in [1.82, 2.24) is 4.72 Å². The molecule has 1 saturated heterocycles. The smallest absolute Gasteiger partial charge is 0.240 e. The molecule has 2 aliphatic rings. The Labute approximate surface area is 126 Å². The van der Waals surface area contributed by atoms with E-state index >= 15 is 0 Å². The number of anilines is 1. The van der Waals surface area contributed by atoms with Crippen LogP contribution in [-0.4, -0.2) is 33.2 Å². The Morgan fingerprint density at radius 2 is 2.19 bits per heavy atom. The molecule has 0 bridgehead atoms. The van der Waals surface area contributed by atoms with E-state index in [4.69, 9.17) is 4.74 Å². The third-order valence-corrected chi connectivity index (χ3v) is 5.63. The van der Waals surface area contributed by atoms with E-state index in [1.54, 1.807) is 12.1 Å². The summed E-state index contributed by atoms with van der Waals surface area (Å²) in [5.41, 5.74) is 1.85. The molecule has 0 radical (unpaired) electrons. The molecule has 0 aromatic heterocycles. The van der Waals surface area contributed by atoms with Crippen LogP contribution >= 0.6 is 0 Å². The zero-order valence-corrected chi connectivity index (χ0v) is 13.3. The molecule has 2 heterocycles. The largest absolute Gasteiger partial charge is 0.384 e. The van der Waals surface area contributed by atoms with Crippen LogP contribution in [0.25, 0.3) is 0 Å². The molecule has 0 amide bonds. The molecule has 2 N–H and O–H groups in total. The van der Waals surface area contributed by atoms with Crippen LogP contribution in [0, 0.1) is 0 Å². The summed E-state index contributed by atoms with van der Waals surface area (Å²) < 4.78 is 33.5. The Balaban J connectivity index is 1.78. The molecule has 1 aromatic carbocycles. The second-order valence-corrected chi connectivity index (χ2v) is 8.13. The van der Waals surface area contributed by atoms with Gasteiger partial charge in [-0.05, 0) is 56.9 Å². The maximum absolute atomic E-state index is 12.5. The van der Waals surface area contributed by atoms with E-state index < -0.39 is 10.0 Å². The number of hydrogen-bond acceptors (Lipinski definition) is 4. The Bertz CT molecular complexity index is 640. The average molecular weight is 310 g/mol. The molecule has 5 nitrogen and oxygen atoms in total. The number of fused-ring (bicyclic) bond motifs is 1. The lowest BCUT2D eigenvalue weighted by molar-refractivity contribution is -0.0599. The summed E-state index contributed by atoms with van der Waals surface area (Å²) in [7, 11) is -3.46. The minimum atomic E-state index is -3.46. The summed E-state index contributed by atoms with van der Waals surface area (Å²) in [6.45, 7) is 5.46. The van der Waals surface area contributed by atoms with E-state index in [2.05, 4.69) is 10.0 Å². The van der Waals surface area contributed by atoms with Crippen LogP contribution in [0.5, 0.6) is 0 Å². The second-order valence-electron chi connectivity index (χ2n) is 6.41. The van der Waals surface area contributed by atoms with Crippen LogP contribution in [-0.2, 0) is 21.2 Å². The molecule has 3 rings (SSSR count). The number of benzene rings is 1. The summed E-state index contributed by atoms with van der Waals surface area (Å²) >= 11 is 0. The van der Waals surface area contributed by atoms with Crippen molar-refractivity contribution >= 4 is 15.7 Å². The van der Waals surface area contributed by atoms with Crippen LogP contribution in [0.3, 0.4) is 0 Å². The first kappa shape index (κ1) is 14.8. The van der Waals surface area contributed by atoms with Crippen LogP contribution in [0.1, 0.15) is 32.3 Å². The topological polar surface area (TPSA) is 67.4 Å². The van der Waals surface area contributed by atoms with Gasteiger partial charge in [-0.25, -0.2) is 13.1 Å². The van der Waals surface area contributed by atoms with Crippen LogP contribution in [0.4, 0.5) is 5.69 Å². The first-order chi connectivity index (χ1) is 9.86. The van der Waals surface area contributed by atoms with E-state index in [1.165, 1.54) is 0 Å². The second kappa shape index (κ2) is 5.26. The van der Waals surface area contributed by atoms with Crippen molar-refractivity contribution in [2.75, 3.05) is 18.5 Å². The lowest BCUT2D eigenvalue weighted by Crippen LogP contribution is -2.45. The molecule has 116 valence electrons. The minimum Gasteiger partial charge on any atom is -0.384 e. The fraction of sp³-hybridized carbons (Fsp3) is 0.600.